The van der Waals surface area contributed by atoms with Gasteiger partial charge in [-0.3, -0.25) is 4.99 Å². The molecule has 0 spiro atoms. The second-order valence-electron chi connectivity index (χ2n) is 2.18. The molecule has 5 heteroatoms. The van der Waals surface area contributed by atoms with Crippen molar-refractivity contribution in [1.82, 2.24) is 0 Å². The molecule has 1 heterocycles. The van der Waals surface area contributed by atoms with Crippen LogP contribution in [-0.4, -0.2) is 25.6 Å². The van der Waals surface area contributed by atoms with Crippen LogP contribution in [0.5, 0.6) is 0 Å². The Morgan fingerprint density at radius 3 is 3.27 bits per heavy atom. The normalized spacial score (nSPS) is 16.2. The first kappa shape index (κ1) is 7.88. The molecule has 0 bridgehead atoms. The maximum atomic E-state index is 7.97. The quantitative estimate of drug-likeness (QED) is 0.345. The molecule has 1 aliphatic heterocycles. The van der Waals surface area contributed by atoms with Crippen LogP contribution < -0.4 is 0 Å². The lowest BCUT2D eigenvalue weighted by molar-refractivity contribution is 0.274. The van der Waals surface area contributed by atoms with E-state index in [9.17, 15) is 0 Å². The number of azide groups is 1. The predicted molar refractivity (Wildman–Crippen MR) is 41.5 cm³/mol. The maximum absolute atomic E-state index is 7.97. The summed E-state index contributed by atoms with van der Waals surface area (Å²) in [6.07, 6.45) is 1.62. The van der Waals surface area contributed by atoms with Gasteiger partial charge in [-0.2, -0.15) is 0 Å². The Morgan fingerprint density at radius 2 is 2.64 bits per heavy atom. The predicted octanol–water partition coefficient (Wildman–Crippen LogP) is 1.51. The SMILES string of the molecule is [N-]=[N+]=NCCC1=NCCCO1. The summed E-state index contributed by atoms with van der Waals surface area (Å²) in [4.78, 5) is 6.75. The number of rotatable bonds is 3. The molecule has 1 rings (SSSR count). The monoisotopic (exact) mass is 154 g/mol. The highest BCUT2D eigenvalue weighted by atomic mass is 16.5. The van der Waals surface area contributed by atoms with E-state index in [-0.39, 0.29) is 0 Å². The molecule has 0 aromatic carbocycles. The maximum Gasteiger partial charge on any atom is 0.183 e. The molecule has 5 nitrogen and oxygen atoms in total. The minimum Gasteiger partial charge on any atom is -0.481 e. The van der Waals surface area contributed by atoms with Crippen molar-refractivity contribution in [2.75, 3.05) is 19.7 Å². The molecule has 0 aromatic heterocycles. The molecule has 0 N–H and O–H groups in total. The Balaban J connectivity index is 2.24. The molecule has 0 saturated carbocycles. The fraction of sp³-hybridized carbons (Fsp3) is 0.833. The van der Waals surface area contributed by atoms with Crippen molar-refractivity contribution in [2.24, 2.45) is 10.1 Å². The van der Waals surface area contributed by atoms with Crippen LogP contribution in [0.3, 0.4) is 0 Å². The molecule has 0 atom stereocenters. The first-order valence-electron chi connectivity index (χ1n) is 3.60. The highest BCUT2D eigenvalue weighted by Crippen LogP contribution is 1.99. The zero-order chi connectivity index (χ0) is 7.94. The van der Waals surface area contributed by atoms with E-state index in [0.29, 0.717) is 13.0 Å². The van der Waals surface area contributed by atoms with Crippen molar-refractivity contribution in [1.29, 1.82) is 0 Å². The topological polar surface area (TPSA) is 70.4 Å². The van der Waals surface area contributed by atoms with Gasteiger partial charge >= 0.3 is 0 Å². The zero-order valence-corrected chi connectivity index (χ0v) is 6.23. The molecule has 11 heavy (non-hydrogen) atoms. The average Bonchev–Trinajstić information content (AvgIpc) is 2.07. The van der Waals surface area contributed by atoms with Crippen molar-refractivity contribution in [3.63, 3.8) is 0 Å². The van der Waals surface area contributed by atoms with Crippen LogP contribution >= 0.6 is 0 Å². The largest absolute Gasteiger partial charge is 0.481 e. The van der Waals surface area contributed by atoms with E-state index in [1.807, 2.05) is 0 Å². The number of ether oxygens (including phenoxy) is 1. The van der Waals surface area contributed by atoms with Gasteiger partial charge in [-0.25, -0.2) is 0 Å². The lowest BCUT2D eigenvalue weighted by Crippen LogP contribution is -2.14. The summed E-state index contributed by atoms with van der Waals surface area (Å²) in [6.45, 7) is 2.02. The summed E-state index contributed by atoms with van der Waals surface area (Å²) in [7, 11) is 0. The fourth-order valence-electron chi connectivity index (χ4n) is 0.846. The van der Waals surface area contributed by atoms with Crippen molar-refractivity contribution >= 4 is 5.90 Å². The van der Waals surface area contributed by atoms with Gasteiger partial charge in [0, 0.05) is 30.8 Å². The lowest BCUT2D eigenvalue weighted by Gasteiger charge is -2.12. The van der Waals surface area contributed by atoms with Crippen LogP contribution in [-0.2, 0) is 4.74 Å². The van der Waals surface area contributed by atoms with Gasteiger partial charge in [0.25, 0.3) is 0 Å². The van der Waals surface area contributed by atoms with Gasteiger partial charge in [0.1, 0.15) is 0 Å². The highest BCUT2D eigenvalue weighted by Gasteiger charge is 2.03. The third kappa shape index (κ3) is 2.91. The summed E-state index contributed by atoms with van der Waals surface area (Å²) < 4.78 is 5.19. The Morgan fingerprint density at radius 1 is 1.73 bits per heavy atom. The third-order valence-corrected chi connectivity index (χ3v) is 1.35. The lowest BCUT2D eigenvalue weighted by atomic mass is 10.3. The molecule has 0 unspecified atom stereocenters. The van der Waals surface area contributed by atoms with Gasteiger partial charge in [-0.15, -0.1) is 0 Å². The Kier molecular flexibility index (Phi) is 3.28. The fourth-order valence-corrected chi connectivity index (χ4v) is 0.846. The minimum atomic E-state index is 0.440. The first-order valence-corrected chi connectivity index (χ1v) is 3.60. The van der Waals surface area contributed by atoms with Gasteiger partial charge in [-0.05, 0) is 5.53 Å². The number of hydrogen-bond donors (Lipinski definition) is 0. The van der Waals surface area contributed by atoms with Crippen LogP contribution in [0.4, 0.5) is 0 Å². The van der Waals surface area contributed by atoms with Crippen LogP contribution in [0.25, 0.3) is 10.4 Å². The van der Waals surface area contributed by atoms with E-state index < -0.39 is 0 Å². The van der Waals surface area contributed by atoms with E-state index in [1.165, 1.54) is 0 Å². The Labute approximate surface area is 64.7 Å². The van der Waals surface area contributed by atoms with Crippen LogP contribution in [0, 0.1) is 0 Å². The van der Waals surface area contributed by atoms with Gasteiger partial charge in [0.2, 0.25) is 0 Å². The summed E-state index contributed by atoms with van der Waals surface area (Å²) in [5.41, 5.74) is 7.97. The smallest absolute Gasteiger partial charge is 0.183 e. The number of aliphatic imine (C=N–C) groups is 1. The van der Waals surface area contributed by atoms with Crippen molar-refractivity contribution < 1.29 is 4.74 Å². The van der Waals surface area contributed by atoms with E-state index in [2.05, 4.69) is 15.0 Å². The second kappa shape index (κ2) is 4.57. The molecule has 0 aromatic rings. The molecule has 0 fully saturated rings. The molecule has 60 valence electrons. The molecular weight excluding hydrogens is 144 g/mol. The van der Waals surface area contributed by atoms with Gasteiger partial charge in [0.05, 0.1) is 6.61 Å². The average molecular weight is 154 g/mol. The molecular formula is C6H10N4O. The number of nitrogens with zero attached hydrogens (tertiary/aromatic N) is 4. The van der Waals surface area contributed by atoms with Gasteiger partial charge < -0.3 is 4.74 Å². The first-order chi connectivity index (χ1) is 5.43. The molecule has 0 saturated heterocycles. The van der Waals surface area contributed by atoms with E-state index >= 15 is 0 Å². The summed E-state index contributed by atoms with van der Waals surface area (Å²) in [5.74, 6) is 0.726. The van der Waals surface area contributed by atoms with Crippen LogP contribution in [0.2, 0.25) is 0 Å². The Hall–Kier alpha value is -1.22. The third-order valence-electron chi connectivity index (χ3n) is 1.35. The van der Waals surface area contributed by atoms with Crippen LogP contribution in [0.15, 0.2) is 10.1 Å². The van der Waals surface area contributed by atoms with Gasteiger partial charge in [-0.1, -0.05) is 5.11 Å². The van der Waals surface area contributed by atoms with Crippen molar-refractivity contribution in [3.05, 3.63) is 10.4 Å². The highest BCUT2D eigenvalue weighted by molar-refractivity contribution is 5.76. The van der Waals surface area contributed by atoms with Crippen molar-refractivity contribution in [2.45, 2.75) is 12.8 Å². The van der Waals surface area contributed by atoms with E-state index in [1.54, 1.807) is 0 Å². The second-order valence-corrected chi connectivity index (χ2v) is 2.18. The minimum absolute atomic E-state index is 0.440. The summed E-state index contributed by atoms with van der Waals surface area (Å²) in [6, 6.07) is 0. The van der Waals surface area contributed by atoms with E-state index in [4.69, 9.17) is 10.3 Å². The zero-order valence-electron chi connectivity index (χ0n) is 6.23. The standard InChI is InChI=1S/C6H10N4O/c7-10-9-4-2-6-8-3-1-5-11-6/h1-5H2. The van der Waals surface area contributed by atoms with Crippen molar-refractivity contribution in [3.8, 4) is 0 Å². The molecule has 0 amide bonds. The molecule has 0 radical (unpaired) electrons. The summed E-state index contributed by atoms with van der Waals surface area (Å²) in [5, 5.41) is 3.39. The van der Waals surface area contributed by atoms with E-state index in [0.717, 1.165) is 25.5 Å². The number of hydrogen-bond acceptors (Lipinski definition) is 3. The molecule has 0 aliphatic carbocycles. The molecule has 1 aliphatic rings. The summed E-state index contributed by atoms with van der Waals surface area (Å²) >= 11 is 0. The van der Waals surface area contributed by atoms with Crippen LogP contribution in [0.1, 0.15) is 12.8 Å². The Bertz CT molecular complexity index is 195. The van der Waals surface area contributed by atoms with Gasteiger partial charge in [0.15, 0.2) is 5.90 Å².